The topological polar surface area (TPSA) is 75.6 Å². The van der Waals surface area contributed by atoms with Gasteiger partial charge in [-0.2, -0.15) is 0 Å². The van der Waals surface area contributed by atoms with Crippen LogP contribution in [0.4, 0.5) is 5.95 Å². The van der Waals surface area contributed by atoms with Crippen molar-refractivity contribution in [2.75, 3.05) is 5.32 Å². The van der Waals surface area contributed by atoms with Crippen LogP contribution in [-0.4, -0.2) is 25.4 Å². The van der Waals surface area contributed by atoms with Gasteiger partial charge in [0.1, 0.15) is 5.69 Å². The summed E-state index contributed by atoms with van der Waals surface area (Å²) in [6.45, 7) is 0.629. The number of carbonyl (C=O) groups is 1. The Morgan fingerprint density at radius 1 is 1.30 bits per heavy atom. The zero-order valence-corrected chi connectivity index (χ0v) is 12.6. The van der Waals surface area contributed by atoms with Crippen LogP contribution in [0.25, 0.3) is 0 Å². The minimum absolute atomic E-state index is 0.166. The van der Waals surface area contributed by atoms with E-state index in [1.54, 1.807) is 18.5 Å². The molecule has 0 radical (unpaired) electrons. The van der Waals surface area contributed by atoms with Crippen molar-refractivity contribution in [3.05, 3.63) is 66.0 Å². The number of rotatable bonds is 5. The molecular weight excluding hydrogens is 290 g/mol. The van der Waals surface area contributed by atoms with Crippen molar-refractivity contribution in [3.8, 4) is 0 Å². The van der Waals surface area contributed by atoms with Gasteiger partial charge in [-0.25, -0.2) is 4.98 Å². The predicted octanol–water partition coefficient (Wildman–Crippen LogP) is 2.78. The van der Waals surface area contributed by atoms with Gasteiger partial charge in [0.05, 0.1) is 6.20 Å². The van der Waals surface area contributed by atoms with Crippen molar-refractivity contribution in [1.82, 2.24) is 19.5 Å². The number of amides is 1. The van der Waals surface area contributed by atoms with Crippen molar-refractivity contribution in [1.29, 1.82) is 0 Å². The molecule has 23 heavy (non-hydrogen) atoms. The molecule has 4 rings (SSSR count). The highest BCUT2D eigenvalue weighted by Crippen LogP contribution is 2.39. The summed E-state index contributed by atoms with van der Waals surface area (Å²) in [6, 6.07) is 7.56. The van der Waals surface area contributed by atoms with Crippen molar-refractivity contribution < 1.29 is 4.79 Å². The second-order valence-corrected chi connectivity index (χ2v) is 5.79. The number of hydrogen-bond acceptors (Lipinski definition) is 3. The van der Waals surface area contributed by atoms with Gasteiger partial charge in [-0.15, -0.1) is 0 Å². The molecule has 0 aliphatic heterocycles. The number of aromatic amines is 1. The van der Waals surface area contributed by atoms with E-state index in [2.05, 4.69) is 20.3 Å². The molecule has 1 aliphatic rings. The third-order valence-corrected chi connectivity index (χ3v) is 4.01. The summed E-state index contributed by atoms with van der Waals surface area (Å²) < 4.78 is 1.91. The van der Waals surface area contributed by atoms with Gasteiger partial charge in [0, 0.05) is 36.7 Å². The molecule has 0 saturated heterocycles. The fourth-order valence-electron chi connectivity index (χ4n) is 2.62. The molecule has 3 aromatic rings. The normalized spacial score (nSPS) is 13.9. The molecule has 1 fully saturated rings. The highest BCUT2D eigenvalue weighted by molar-refractivity contribution is 6.02. The summed E-state index contributed by atoms with van der Waals surface area (Å²) in [5.41, 5.74) is 2.80. The average Bonchev–Trinajstić information content (AvgIpc) is 3.13. The predicted molar refractivity (Wildman–Crippen MR) is 86.3 cm³/mol. The first-order valence-electron chi connectivity index (χ1n) is 7.70. The van der Waals surface area contributed by atoms with Crippen molar-refractivity contribution in [2.24, 2.45) is 0 Å². The standard InChI is InChI=1S/C17H17N5O/c23-16(21-17-19-10-14(20-17)13-3-4-13)15-2-1-9-22(15)11-12-5-7-18-8-6-12/h1-2,5-10,13H,3-4,11H2,(H2,19,20,21,23). The monoisotopic (exact) mass is 307 g/mol. The summed E-state index contributed by atoms with van der Waals surface area (Å²) in [6.07, 6.45) is 9.60. The van der Waals surface area contributed by atoms with Crippen LogP contribution in [0.3, 0.4) is 0 Å². The first kappa shape index (κ1) is 13.8. The molecule has 6 heteroatoms. The number of nitrogens with zero attached hydrogens (tertiary/aromatic N) is 3. The summed E-state index contributed by atoms with van der Waals surface area (Å²) in [5.74, 6) is 0.929. The van der Waals surface area contributed by atoms with Crippen molar-refractivity contribution in [3.63, 3.8) is 0 Å². The van der Waals surface area contributed by atoms with Crippen LogP contribution in [0.15, 0.2) is 49.1 Å². The Labute approximate surface area is 133 Å². The zero-order chi connectivity index (χ0) is 15.6. The maximum Gasteiger partial charge on any atom is 0.274 e. The number of imidazole rings is 1. The Hall–Kier alpha value is -2.89. The third-order valence-electron chi connectivity index (χ3n) is 4.01. The van der Waals surface area contributed by atoms with Gasteiger partial charge < -0.3 is 9.55 Å². The second kappa shape index (κ2) is 5.72. The molecule has 0 atom stereocenters. The Balaban J connectivity index is 1.48. The first-order chi connectivity index (χ1) is 11.3. The van der Waals surface area contributed by atoms with E-state index >= 15 is 0 Å². The third kappa shape index (κ3) is 3.01. The highest BCUT2D eigenvalue weighted by Gasteiger charge is 2.25. The maximum atomic E-state index is 12.5. The molecule has 1 saturated carbocycles. The lowest BCUT2D eigenvalue weighted by Crippen LogP contribution is -2.18. The lowest BCUT2D eigenvalue weighted by atomic mass is 10.2. The van der Waals surface area contributed by atoms with E-state index in [1.165, 1.54) is 12.8 Å². The number of aromatic nitrogens is 4. The van der Waals surface area contributed by atoms with Gasteiger partial charge in [-0.05, 0) is 42.7 Å². The minimum atomic E-state index is -0.166. The van der Waals surface area contributed by atoms with Crippen LogP contribution in [0.5, 0.6) is 0 Å². The fourth-order valence-corrected chi connectivity index (χ4v) is 2.62. The summed E-state index contributed by atoms with van der Waals surface area (Å²) in [5, 5.41) is 2.83. The quantitative estimate of drug-likeness (QED) is 0.761. The van der Waals surface area contributed by atoms with Crippen LogP contribution in [0, 0.1) is 0 Å². The molecule has 3 heterocycles. The molecule has 6 nitrogen and oxygen atoms in total. The summed E-state index contributed by atoms with van der Waals surface area (Å²) in [7, 11) is 0. The first-order valence-corrected chi connectivity index (χ1v) is 7.70. The maximum absolute atomic E-state index is 12.5. The molecule has 1 aliphatic carbocycles. The van der Waals surface area contributed by atoms with E-state index in [9.17, 15) is 4.79 Å². The molecule has 0 unspecified atom stereocenters. The fraction of sp³-hybridized carbons (Fsp3) is 0.235. The molecule has 0 spiro atoms. The molecule has 2 N–H and O–H groups in total. The zero-order valence-electron chi connectivity index (χ0n) is 12.6. The van der Waals surface area contributed by atoms with Crippen LogP contribution < -0.4 is 5.32 Å². The number of pyridine rings is 1. The molecule has 1 amide bonds. The largest absolute Gasteiger partial charge is 0.339 e. The SMILES string of the molecule is O=C(Nc1ncc(C2CC2)[nH]1)c1cccn1Cc1ccncc1. The van der Waals surface area contributed by atoms with Crippen LogP contribution in [0.2, 0.25) is 0 Å². The van der Waals surface area contributed by atoms with Crippen molar-refractivity contribution in [2.45, 2.75) is 25.3 Å². The molecule has 0 aromatic carbocycles. The second-order valence-electron chi connectivity index (χ2n) is 5.79. The van der Waals surface area contributed by atoms with Gasteiger partial charge >= 0.3 is 0 Å². The number of anilines is 1. The van der Waals surface area contributed by atoms with Crippen LogP contribution in [0.1, 0.15) is 40.5 Å². The summed E-state index contributed by atoms with van der Waals surface area (Å²) >= 11 is 0. The number of nitrogens with one attached hydrogen (secondary N) is 2. The molecular formula is C17H17N5O. The molecule has 3 aromatic heterocycles. The lowest BCUT2D eigenvalue weighted by molar-refractivity contribution is 0.101. The highest BCUT2D eigenvalue weighted by atomic mass is 16.2. The number of hydrogen-bond donors (Lipinski definition) is 2. The Bertz CT molecular complexity index is 816. The van der Waals surface area contributed by atoms with Gasteiger partial charge in [-0.3, -0.25) is 15.1 Å². The minimum Gasteiger partial charge on any atom is -0.339 e. The van der Waals surface area contributed by atoms with Crippen LogP contribution in [-0.2, 0) is 6.54 Å². The average molecular weight is 307 g/mol. The Kier molecular flexibility index (Phi) is 3.42. The van der Waals surface area contributed by atoms with E-state index in [4.69, 9.17) is 0 Å². The Morgan fingerprint density at radius 2 is 2.13 bits per heavy atom. The van der Waals surface area contributed by atoms with E-state index in [0.29, 0.717) is 24.1 Å². The number of carbonyl (C=O) groups excluding carboxylic acids is 1. The molecule has 0 bridgehead atoms. The van der Waals surface area contributed by atoms with Crippen molar-refractivity contribution >= 4 is 11.9 Å². The summed E-state index contributed by atoms with van der Waals surface area (Å²) in [4.78, 5) is 23.9. The van der Waals surface area contributed by atoms with E-state index < -0.39 is 0 Å². The van der Waals surface area contributed by atoms with Gasteiger partial charge in [0.25, 0.3) is 5.91 Å². The smallest absolute Gasteiger partial charge is 0.274 e. The van der Waals surface area contributed by atoms with E-state index in [1.807, 2.05) is 35.2 Å². The van der Waals surface area contributed by atoms with Crippen LogP contribution >= 0.6 is 0 Å². The Morgan fingerprint density at radius 3 is 2.91 bits per heavy atom. The van der Waals surface area contributed by atoms with E-state index in [-0.39, 0.29) is 5.91 Å². The van der Waals surface area contributed by atoms with E-state index in [0.717, 1.165) is 11.3 Å². The van der Waals surface area contributed by atoms with Gasteiger partial charge in [0.15, 0.2) is 0 Å². The molecule has 116 valence electrons. The number of H-pyrrole nitrogens is 1. The van der Waals surface area contributed by atoms with Gasteiger partial charge in [-0.1, -0.05) is 0 Å². The lowest BCUT2D eigenvalue weighted by Gasteiger charge is -2.08. The van der Waals surface area contributed by atoms with Gasteiger partial charge in [0.2, 0.25) is 5.95 Å².